The van der Waals surface area contributed by atoms with Crippen molar-refractivity contribution in [3.63, 3.8) is 0 Å². The average molecular weight is 381 g/mol. The predicted octanol–water partition coefficient (Wildman–Crippen LogP) is 2.54. The van der Waals surface area contributed by atoms with E-state index in [-0.39, 0.29) is 37.8 Å². The second-order valence-corrected chi connectivity index (χ2v) is 6.82. The normalized spacial score (nSPS) is 22.5. The van der Waals surface area contributed by atoms with Crippen LogP contribution in [0.2, 0.25) is 0 Å². The van der Waals surface area contributed by atoms with Crippen LogP contribution in [-0.4, -0.2) is 37.6 Å². The van der Waals surface area contributed by atoms with E-state index in [1.165, 1.54) is 6.33 Å². The number of nitrogens with zero attached hydrogens (tertiary/aromatic N) is 4. The molecule has 27 heavy (non-hydrogen) atoms. The van der Waals surface area contributed by atoms with E-state index < -0.39 is 18.0 Å². The van der Waals surface area contributed by atoms with Crippen LogP contribution in [0.4, 0.5) is 13.2 Å². The molecule has 0 aromatic carbocycles. The standard InChI is InChI=1S/C17H18F3N5O2/c18-17(19,20)10-1-3-11(4-2-10)22-15(26)14-12-7-27-8-13(12)23-16(24-14)25-6-5-21-9-25/h5-6,9-11H,1-4,7-8H2,(H,22,26)/t10-,11-. The van der Waals surface area contributed by atoms with E-state index in [4.69, 9.17) is 4.74 Å². The van der Waals surface area contributed by atoms with E-state index in [0.29, 0.717) is 30.0 Å². The number of fused-ring (bicyclic) bond motifs is 1. The molecule has 10 heteroatoms. The third kappa shape index (κ3) is 3.66. The number of alkyl halides is 3. The summed E-state index contributed by atoms with van der Waals surface area (Å²) in [4.78, 5) is 25.5. The van der Waals surface area contributed by atoms with Gasteiger partial charge in [-0.15, -0.1) is 0 Å². The van der Waals surface area contributed by atoms with Crippen LogP contribution in [0.1, 0.15) is 47.4 Å². The Morgan fingerprint density at radius 2 is 1.96 bits per heavy atom. The summed E-state index contributed by atoms with van der Waals surface area (Å²) >= 11 is 0. The number of aromatic nitrogens is 4. The van der Waals surface area contributed by atoms with Crippen molar-refractivity contribution in [2.24, 2.45) is 5.92 Å². The Morgan fingerprint density at radius 1 is 1.19 bits per heavy atom. The van der Waals surface area contributed by atoms with Crippen molar-refractivity contribution in [1.29, 1.82) is 0 Å². The summed E-state index contributed by atoms with van der Waals surface area (Å²) in [5.74, 6) is -1.38. The lowest BCUT2D eigenvalue weighted by atomic mass is 9.85. The average Bonchev–Trinajstić information content (AvgIpc) is 3.32. The van der Waals surface area contributed by atoms with Gasteiger partial charge in [-0.05, 0) is 25.7 Å². The zero-order chi connectivity index (χ0) is 19.0. The molecule has 1 amide bonds. The maximum absolute atomic E-state index is 12.8. The quantitative estimate of drug-likeness (QED) is 0.884. The zero-order valence-corrected chi connectivity index (χ0v) is 14.4. The SMILES string of the molecule is O=C(N[C@H]1CC[C@H](C(F)(F)F)CC1)c1nc(-n2ccnc2)nc2c1COC2. The molecule has 2 aromatic heterocycles. The first kappa shape index (κ1) is 17.9. The smallest absolute Gasteiger partial charge is 0.370 e. The minimum atomic E-state index is -4.17. The first-order valence-corrected chi connectivity index (χ1v) is 8.75. The summed E-state index contributed by atoms with van der Waals surface area (Å²) in [6.45, 7) is 0.527. The molecule has 0 atom stereocenters. The van der Waals surface area contributed by atoms with Gasteiger partial charge in [-0.25, -0.2) is 15.0 Å². The van der Waals surface area contributed by atoms with Gasteiger partial charge in [-0.1, -0.05) is 0 Å². The Bertz CT molecular complexity index is 830. The lowest BCUT2D eigenvalue weighted by Crippen LogP contribution is -2.40. The third-order valence-corrected chi connectivity index (χ3v) is 5.04. The number of hydrogen-bond acceptors (Lipinski definition) is 5. The molecular weight excluding hydrogens is 363 g/mol. The Kier molecular flexibility index (Phi) is 4.58. The lowest BCUT2D eigenvalue weighted by molar-refractivity contribution is -0.182. The van der Waals surface area contributed by atoms with E-state index in [9.17, 15) is 18.0 Å². The fourth-order valence-corrected chi connectivity index (χ4v) is 3.54. The first-order chi connectivity index (χ1) is 12.9. The van der Waals surface area contributed by atoms with Gasteiger partial charge in [0.25, 0.3) is 5.91 Å². The summed E-state index contributed by atoms with van der Waals surface area (Å²) in [6, 6.07) is -0.291. The molecule has 1 fully saturated rings. The Labute approximate surface area is 153 Å². The number of rotatable bonds is 3. The highest BCUT2D eigenvalue weighted by Crippen LogP contribution is 2.37. The van der Waals surface area contributed by atoms with Crippen molar-refractivity contribution >= 4 is 5.91 Å². The first-order valence-electron chi connectivity index (χ1n) is 8.75. The molecule has 0 unspecified atom stereocenters. The molecule has 1 aliphatic carbocycles. The fourth-order valence-electron chi connectivity index (χ4n) is 3.54. The van der Waals surface area contributed by atoms with Gasteiger partial charge in [0.1, 0.15) is 12.0 Å². The summed E-state index contributed by atoms with van der Waals surface area (Å²) in [6.07, 6.45) is 1.25. The highest BCUT2D eigenvalue weighted by molar-refractivity contribution is 5.94. The van der Waals surface area contributed by atoms with E-state index >= 15 is 0 Å². The van der Waals surface area contributed by atoms with Crippen LogP contribution < -0.4 is 5.32 Å². The largest absolute Gasteiger partial charge is 0.391 e. The fraction of sp³-hybridized carbons (Fsp3) is 0.529. The molecule has 1 aliphatic heterocycles. The molecule has 1 saturated carbocycles. The van der Waals surface area contributed by atoms with E-state index in [1.54, 1.807) is 17.0 Å². The number of carbonyl (C=O) groups excluding carboxylic acids is 1. The van der Waals surface area contributed by atoms with Crippen LogP contribution in [0.25, 0.3) is 5.95 Å². The number of amides is 1. The van der Waals surface area contributed by atoms with Gasteiger partial charge >= 0.3 is 6.18 Å². The van der Waals surface area contributed by atoms with Crippen LogP contribution in [0, 0.1) is 5.92 Å². The Balaban J connectivity index is 1.51. The number of nitrogens with one attached hydrogen (secondary N) is 1. The van der Waals surface area contributed by atoms with Gasteiger partial charge in [-0.3, -0.25) is 9.36 Å². The molecule has 0 radical (unpaired) electrons. The molecule has 3 heterocycles. The topological polar surface area (TPSA) is 81.9 Å². The second kappa shape index (κ2) is 6.91. The molecule has 144 valence electrons. The minimum Gasteiger partial charge on any atom is -0.370 e. The van der Waals surface area contributed by atoms with Gasteiger partial charge in [0.15, 0.2) is 0 Å². The van der Waals surface area contributed by atoms with Crippen molar-refractivity contribution in [2.45, 2.75) is 51.1 Å². The highest BCUT2D eigenvalue weighted by atomic mass is 19.4. The molecule has 2 aromatic rings. The van der Waals surface area contributed by atoms with Crippen molar-refractivity contribution in [3.05, 3.63) is 35.7 Å². The third-order valence-electron chi connectivity index (χ3n) is 5.04. The maximum Gasteiger partial charge on any atom is 0.391 e. The van der Waals surface area contributed by atoms with Crippen LogP contribution >= 0.6 is 0 Å². The molecule has 4 rings (SSSR count). The van der Waals surface area contributed by atoms with Crippen molar-refractivity contribution < 1.29 is 22.7 Å². The number of carbonyl (C=O) groups is 1. The van der Waals surface area contributed by atoms with Gasteiger partial charge in [-0.2, -0.15) is 13.2 Å². The number of halogens is 3. The summed E-state index contributed by atoms with van der Waals surface area (Å²) in [5.41, 5.74) is 1.47. The molecule has 1 N–H and O–H groups in total. The van der Waals surface area contributed by atoms with Gasteiger partial charge in [0, 0.05) is 24.0 Å². The van der Waals surface area contributed by atoms with Crippen LogP contribution in [0.3, 0.4) is 0 Å². The zero-order valence-electron chi connectivity index (χ0n) is 14.4. The molecule has 7 nitrogen and oxygen atoms in total. The van der Waals surface area contributed by atoms with Crippen LogP contribution in [-0.2, 0) is 18.0 Å². The summed E-state index contributed by atoms with van der Waals surface area (Å²) in [7, 11) is 0. The minimum absolute atomic E-state index is 0.0275. The molecular formula is C17H18F3N5O2. The summed E-state index contributed by atoms with van der Waals surface area (Å²) in [5, 5.41) is 2.83. The summed E-state index contributed by atoms with van der Waals surface area (Å²) < 4.78 is 45.4. The van der Waals surface area contributed by atoms with Gasteiger partial charge in [0.2, 0.25) is 5.95 Å². The van der Waals surface area contributed by atoms with Gasteiger partial charge < -0.3 is 10.1 Å². The molecule has 2 aliphatic rings. The maximum atomic E-state index is 12.8. The Morgan fingerprint density at radius 3 is 2.63 bits per heavy atom. The van der Waals surface area contributed by atoms with Crippen LogP contribution in [0.5, 0.6) is 0 Å². The van der Waals surface area contributed by atoms with E-state index in [2.05, 4.69) is 20.3 Å². The number of hydrogen-bond donors (Lipinski definition) is 1. The van der Waals surface area contributed by atoms with Gasteiger partial charge in [0.05, 0.1) is 24.8 Å². The number of ether oxygens (including phenoxy) is 1. The van der Waals surface area contributed by atoms with E-state index in [0.717, 1.165) is 0 Å². The van der Waals surface area contributed by atoms with E-state index in [1.807, 2.05) is 0 Å². The molecule has 0 saturated heterocycles. The van der Waals surface area contributed by atoms with Crippen molar-refractivity contribution in [1.82, 2.24) is 24.8 Å². The van der Waals surface area contributed by atoms with Crippen molar-refractivity contribution in [2.75, 3.05) is 0 Å². The predicted molar refractivity (Wildman–Crippen MR) is 86.9 cm³/mol. The molecule has 0 spiro atoms. The molecule has 0 bridgehead atoms. The highest BCUT2D eigenvalue weighted by Gasteiger charge is 2.41. The van der Waals surface area contributed by atoms with Crippen molar-refractivity contribution in [3.8, 4) is 5.95 Å². The Hall–Kier alpha value is -2.49. The second-order valence-electron chi connectivity index (χ2n) is 6.82. The monoisotopic (exact) mass is 381 g/mol. The van der Waals surface area contributed by atoms with Crippen LogP contribution in [0.15, 0.2) is 18.7 Å². The lowest BCUT2D eigenvalue weighted by Gasteiger charge is -2.30. The number of imidazole rings is 1.